The van der Waals surface area contributed by atoms with Crippen molar-refractivity contribution in [1.29, 1.82) is 0 Å². The molecule has 0 saturated heterocycles. The first-order valence-corrected chi connectivity index (χ1v) is 10.1. The summed E-state index contributed by atoms with van der Waals surface area (Å²) < 4.78 is 4.72. The quantitative estimate of drug-likeness (QED) is 0.388. The van der Waals surface area contributed by atoms with E-state index in [1.165, 1.54) is 18.7 Å². The van der Waals surface area contributed by atoms with Crippen LogP contribution in [0.5, 0.6) is 17.2 Å². The van der Waals surface area contributed by atoms with Gasteiger partial charge in [0.2, 0.25) is 5.75 Å². The lowest BCUT2D eigenvalue weighted by atomic mass is 9.46. The second-order valence-corrected chi connectivity index (χ2v) is 9.21. The van der Waals surface area contributed by atoms with Gasteiger partial charge in [0.05, 0.1) is 7.11 Å². The number of phenolic OH excluding ortho intramolecular Hbond substituents is 3. The zero-order chi connectivity index (χ0) is 20.9. The van der Waals surface area contributed by atoms with Gasteiger partial charge in [-0.1, -0.05) is 32.9 Å². The molecule has 1 aromatic rings. The van der Waals surface area contributed by atoms with Gasteiger partial charge in [0, 0.05) is 0 Å². The van der Waals surface area contributed by atoms with Gasteiger partial charge in [0.25, 0.3) is 0 Å². The summed E-state index contributed by atoms with van der Waals surface area (Å²) in [5, 5.41) is 30.8. The minimum atomic E-state index is -0.744. The Balaban J connectivity index is 2.07. The molecule has 0 spiro atoms. The number of fused-ring (bicyclic) bond motifs is 1. The van der Waals surface area contributed by atoms with E-state index in [4.69, 9.17) is 4.74 Å². The zero-order valence-electron chi connectivity index (χ0n) is 17.3. The summed E-state index contributed by atoms with van der Waals surface area (Å²) >= 11 is 0. The number of ether oxygens (including phenoxy) is 1. The van der Waals surface area contributed by atoms with Crippen molar-refractivity contribution in [2.24, 2.45) is 22.7 Å². The normalized spacial score (nSPS) is 32.6. The molecule has 28 heavy (non-hydrogen) atoms. The van der Waals surface area contributed by atoms with Crippen molar-refractivity contribution in [3.05, 3.63) is 29.3 Å². The molecule has 2 fully saturated rings. The summed E-state index contributed by atoms with van der Waals surface area (Å²) in [6.45, 7) is 11.2. The molecule has 0 aromatic heterocycles. The van der Waals surface area contributed by atoms with Crippen LogP contribution in [0, 0.1) is 22.7 Å². The van der Waals surface area contributed by atoms with Crippen LogP contribution in [0.3, 0.4) is 0 Å². The SMILES string of the molecule is C=C1CCC[C@H]2[C@](C)(Cc3cc(C(=O)OC)c(O)c(O)c3O)[C@@H](C)CC[C@]12C. The van der Waals surface area contributed by atoms with Gasteiger partial charge in [-0.2, -0.15) is 0 Å². The number of hydrogen-bond acceptors (Lipinski definition) is 5. The standard InChI is InChI=1S/C23H32O5/c1-13-7-6-8-17-22(13,3)10-9-14(2)23(17,4)12-15-11-16(21(27)28-5)19(25)20(26)18(15)24/h11,14,17,24-26H,1,6-10,12H2,2-5H3/t14-,17+,22+,23+/m0/s1. The highest BCUT2D eigenvalue weighted by atomic mass is 16.5. The van der Waals surface area contributed by atoms with E-state index in [2.05, 4.69) is 27.4 Å². The highest BCUT2D eigenvalue weighted by Gasteiger charge is 2.54. The molecule has 0 unspecified atom stereocenters. The van der Waals surface area contributed by atoms with Crippen LogP contribution in [0.1, 0.15) is 68.8 Å². The van der Waals surface area contributed by atoms with Crippen LogP contribution >= 0.6 is 0 Å². The summed E-state index contributed by atoms with van der Waals surface area (Å²) in [5.41, 5.74) is 1.58. The van der Waals surface area contributed by atoms with E-state index in [0.29, 0.717) is 23.8 Å². The molecule has 0 aliphatic heterocycles. The molecule has 0 bridgehead atoms. The molecule has 2 saturated carbocycles. The third-order valence-corrected chi connectivity index (χ3v) is 7.87. The average Bonchev–Trinajstić information content (AvgIpc) is 2.67. The fourth-order valence-corrected chi connectivity index (χ4v) is 5.78. The van der Waals surface area contributed by atoms with Gasteiger partial charge in [0.1, 0.15) is 5.56 Å². The predicted octanol–water partition coefficient (Wildman–Crippen LogP) is 4.93. The van der Waals surface area contributed by atoms with Crippen molar-refractivity contribution in [3.8, 4) is 17.2 Å². The van der Waals surface area contributed by atoms with Crippen molar-refractivity contribution in [3.63, 3.8) is 0 Å². The van der Waals surface area contributed by atoms with E-state index in [0.717, 1.165) is 32.1 Å². The van der Waals surface area contributed by atoms with Gasteiger partial charge in [-0.3, -0.25) is 0 Å². The van der Waals surface area contributed by atoms with Gasteiger partial charge in [0.15, 0.2) is 11.5 Å². The van der Waals surface area contributed by atoms with Crippen molar-refractivity contribution < 1.29 is 24.9 Å². The highest BCUT2D eigenvalue weighted by molar-refractivity contribution is 5.94. The van der Waals surface area contributed by atoms with E-state index in [1.54, 1.807) is 0 Å². The van der Waals surface area contributed by atoms with Crippen LogP contribution in [0.15, 0.2) is 18.2 Å². The Kier molecular flexibility index (Phi) is 5.15. The molecule has 3 rings (SSSR count). The molecule has 0 radical (unpaired) electrons. The predicted molar refractivity (Wildman–Crippen MR) is 108 cm³/mol. The smallest absolute Gasteiger partial charge is 0.341 e. The van der Waals surface area contributed by atoms with Crippen molar-refractivity contribution >= 4 is 5.97 Å². The van der Waals surface area contributed by atoms with Crippen LogP contribution in [-0.4, -0.2) is 28.4 Å². The minimum Gasteiger partial charge on any atom is -0.504 e. The fraction of sp³-hybridized carbons (Fsp3) is 0.609. The molecule has 1 aromatic carbocycles. The van der Waals surface area contributed by atoms with Gasteiger partial charge in [-0.25, -0.2) is 4.79 Å². The number of carbonyl (C=O) groups excluding carboxylic acids is 1. The van der Waals surface area contributed by atoms with Crippen LogP contribution in [0.2, 0.25) is 0 Å². The van der Waals surface area contributed by atoms with E-state index < -0.39 is 17.5 Å². The molecule has 4 atom stereocenters. The molecular weight excluding hydrogens is 356 g/mol. The topological polar surface area (TPSA) is 87.0 Å². The summed E-state index contributed by atoms with van der Waals surface area (Å²) in [6.07, 6.45) is 5.97. The van der Waals surface area contributed by atoms with Gasteiger partial charge < -0.3 is 20.1 Å². The summed E-state index contributed by atoms with van der Waals surface area (Å²) in [7, 11) is 1.22. The average molecular weight is 389 g/mol. The summed E-state index contributed by atoms with van der Waals surface area (Å²) in [5.74, 6) is -1.60. The minimum absolute atomic E-state index is 0.0687. The lowest BCUT2D eigenvalue weighted by Crippen LogP contribution is -2.51. The molecule has 5 nitrogen and oxygen atoms in total. The molecule has 5 heteroatoms. The van der Waals surface area contributed by atoms with Gasteiger partial charge in [-0.15, -0.1) is 0 Å². The van der Waals surface area contributed by atoms with E-state index in [1.807, 2.05) is 0 Å². The number of rotatable bonds is 3. The van der Waals surface area contributed by atoms with E-state index in [-0.39, 0.29) is 22.1 Å². The molecule has 0 heterocycles. The fourth-order valence-electron chi connectivity index (χ4n) is 5.78. The molecule has 2 aliphatic carbocycles. The number of hydrogen-bond donors (Lipinski definition) is 3. The summed E-state index contributed by atoms with van der Waals surface area (Å²) in [4.78, 5) is 12.0. The third-order valence-electron chi connectivity index (χ3n) is 7.87. The van der Waals surface area contributed by atoms with Crippen molar-refractivity contribution in [2.75, 3.05) is 7.11 Å². The maximum absolute atomic E-state index is 12.0. The Labute approximate surface area is 167 Å². The maximum atomic E-state index is 12.0. The number of methoxy groups -OCH3 is 1. The number of benzene rings is 1. The van der Waals surface area contributed by atoms with Crippen molar-refractivity contribution in [2.45, 2.75) is 59.3 Å². The second kappa shape index (κ2) is 7.02. The van der Waals surface area contributed by atoms with Crippen molar-refractivity contribution in [1.82, 2.24) is 0 Å². The Morgan fingerprint density at radius 3 is 2.54 bits per heavy atom. The Hall–Kier alpha value is -2.17. The Morgan fingerprint density at radius 1 is 1.21 bits per heavy atom. The monoisotopic (exact) mass is 388 g/mol. The maximum Gasteiger partial charge on any atom is 0.341 e. The number of carbonyl (C=O) groups is 1. The van der Waals surface area contributed by atoms with Crippen LogP contribution in [-0.2, 0) is 11.2 Å². The lowest BCUT2D eigenvalue weighted by molar-refractivity contribution is -0.0491. The van der Waals surface area contributed by atoms with Crippen LogP contribution in [0.4, 0.5) is 0 Å². The first-order valence-electron chi connectivity index (χ1n) is 10.1. The van der Waals surface area contributed by atoms with E-state index >= 15 is 0 Å². The van der Waals surface area contributed by atoms with Crippen LogP contribution < -0.4 is 0 Å². The first-order chi connectivity index (χ1) is 13.1. The number of allylic oxidation sites excluding steroid dienone is 1. The summed E-state index contributed by atoms with van der Waals surface area (Å²) in [6, 6.07) is 1.46. The third kappa shape index (κ3) is 2.96. The molecule has 154 valence electrons. The molecule has 2 aliphatic rings. The Morgan fingerprint density at radius 2 is 1.89 bits per heavy atom. The number of phenols is 3. The van der Waals surface area contributed by atoms with Gasteiger partial charge >= 0.3 is 5.97 Å². The number of esters is 1. The lowest BCUT2D eigenvalue weighted by Gasteiger charge is -2.59. The Bertz CT molecular complexity index is 814. The molecule has 0 amide bonds. The zero-order valence-corrected chi connectivity index (χ0v) is 17.3. The molecular formula is C23H32O5. The molecule has 3 N–H and O–H groups in total. The number of aromatic hydroxyl groups is 3. The largest absolute Gasteiger partial charge is 0.504 e. The first kappa shape index (κ1) is 20.6. The second-order valence-electron chi connectivity index (χ2n) is 9.21. The highest BCUT2D eigenvalue weighted by Crippen LogP contribution is 2.62. The van der Waals surface area contributed by atoms with Crippen LogP contribution in [0.25, 0.3) is 0 Å². The van der Waals surface area contributed by atoms with E-state index in [9.17, 15) is 20.1 Å². The van der Waals surface area contributed by atoms with Gasteiger partial charge in [-0.05, 0) is 72.8 Å².